The molecular formula is C14H25NO3. The highest BCUT2D eigenvalue weighted by Crippen LogP contribution is 2.49. The Morgan fingerprint density at radius 3 is 2.39 bits per heavy atom. The van der Waals surface area contributed by atoms with Crippen LogP contribution in [0.4, 0.5) is 0 Å². The summed E-state index contributed by atoms with van der Waals surface area (Å²) < 4.78 is 5.51. The van der Waals surface area contributed by atoms with Gasteiger partial charge < -0.3 is 15.2 Å². The first kappa shape index (κ1) is 13.8. The van der Waals surface area contributed by atoms with Crippen molar-refractivity contribution in [3.63, 3.8) is 0 Å². The summed E-state index contributed by atoms with van der Waals surface area (Å²) in [5, 5.41) is 13.1. The van der Waals surface area contributed by atoms with Crippen molar-refractivity contribution in [3.8, 4) is 0 Å². The Labute approximate surface area is 109 Å². The second-order valence-electron chi connectivity index (χ2n) is 5.81. The van der Waals surface area contributed by atoms with Gasteiger partial charge in [-0.3, -0.25) is 4.79 Å². The molecule has 4 heteroatoms. The van der Waals surface area contributed by atoms with Crippen molar-refractivity contribution in [2.24, 2.45) is 5.41 Å². The van der Waals surface area contributed by atoms with Gasteiger partial charge in [0.25, 0.3) is 5.91 Å². The van der Waals surface area contributed by atoms with E-state index in [1.807, 2.05) is 0 Å². The summed E-state index contributed by atoms with van der Waals surface area (Å²) in [6, 6.07) is 0.148. The largest absolute Gasteiger partial charge is 0.381 e. The molecular weight excluding hydrogens is 230 g/mol. The van der Waals surface area contributed by atoms with Crippen LogP contribution in [-0.4, -0.2) is 35.9 Å². The Morgan fingerprint density at radius 1 is 1.39 bits per heavy atom. The summed E-state index contributed by atoms with van der Waals surface area (Å²) in [5.41, 5.74) is -1.05. The Kier molecular flexibility index (Phi) is 3.70. The fourth-order valence-corrected chi connectivity index (χ4v) is 3.51. The lowest BCUT2D eigenvalue weighted by Crippen LogP contribution is -2.67. The van der Waals surface area contributed by atoms with E-state index in [0.29, 0.717) is 12.8 Å². The van der Waals surface area contributed by atoms with Crippen LogP contribution in [-0.2, 0) is 9.53 Å². The molecule has 18 heavy (non-hydrogen) atoms. The molecule has 0 heterocycles. The van der Waals surface area contributed by atoms with Gasteiger partial charge in [-0.05, 0) is 38.5 Å². The third-order valence-corrected chi connectivity index (χ3v) is 5.29. The van der Waals surface area contributed by atoms with Crippen LogP contribution in [0.2, 0.25) is 0 Å². The maximum Gasteiger partial charge on any atom is 0.252 e. The number of aliphatic hydroxyl groups is 1. The zero-order chi connectivity index (χ0) is 13.4. The van der Waals surface area contributed by atoms with Crippen molar-refractivity contribution >= 4 is 5.91 Å². The molecule has 0 bridgehead atoms. The van der Waals surface area contributed by atoms with E-state index in [4.69, 9.17) is 4.74 Å². The summed E-state index contributed by atoms with van der Waals surface area (Å²) >= 11 is 0. The van der Waals surface area contributed by atoms with E-state index in [2.05, 4.69) is 19.2 Å². The number of rotatable bonds is 5. The summed E-state index contributed by atoms with van der Waals surface area (Å²) in [6.45, 7) is 4.29. The van der Waals surface area contributed by atoms with Gasteiger partial charge in [0.2, 0.25) is 0 Å². The standard InChI is InChI=1S/C14H25NO3/c1-4-13(5-2)10(9-11(13)18-3)15-12(16)14(17)7-6-8-14/h10-11,17H,4-9H2,1-3H3,(H,15,16). The highest BCUT2D eigenvalue weighted by atomic mass is 16.5. The molecule has 0 aliphatic heterocycles. The second kappa shape index (κ2) is 4.82. The molecule has 2 atom stereocenters. The number of nitrogens with one attached hydrogen (secondary N) is 1. The predicted octanol–water partition coefficient (Wildman–Crippen LogP) is 1.61. The van der Waals surface area contributed by atoms with Gasteiger partial charge in [0.05, 0.1) is 6.10 Å². The van der Waals surface area contributed by atoms with Gasteiger partial charge in [0, 0.05) is 18.6 Å². The molecule has 2 saturated carbocycles. The third kappa shape index (κ3) is 1.86. The van der Waals surface area contributed by atoms with Gasteiger partial charge in [-0.15, -0.1) is 0 Å². The molecule has 0 saturated heterocycles. The van der Waals surface area contributed by atoms with E-state index in [9.17, 15) is 9.90 Å². The number of methoxy groups -OCH3 is 1. The Morgan fingerprint density at radius 2 is 2.00 bits per heavy atom. The van der Waals surface area contributed by atoms with Gasteiger partial charge >= 0.3 is 0 Å². The topological polar surface area (TPSA) is 58.6 Å². The zero-order valence-electron chi connectivity index (χ0n) is 11.7. The quantitative estimate of drug-likeness (QED) is 0.784. The van der Waals surface area contributed by atoms with Crippen molar-refractivity contribution in [3.05, 3.63) is 0 Å². The molecule has 4 nitrogen and oxygen atoms in total. The highest BCUT2D eigenvalue weighted by molar-refractivity contribution is 5.86. The number of ether oxygens (including phenoxy) is 1. The highest BCUT2D eigenvalue weighted by Gasteiger charge is 2.55. The lowest BCUT2D eigenvalue weighted by molar-refractivity contribution is -0.161. The van der Waals surface area contributed by atoms with Crippen LogP contribution >= 0.6 is 0 Å². The number of hydrogen-bond acceptors (Lipinski definition) is 3. The van der Waals surface area contributed by atoms with Crippen LogP contribution in [0.25, 0.3) is 0 Å². The number of hydrogen-bond donors (Lipinski definition) is 2. The van der Waals surface area contributed by atoms with E-state index in [1.165, 1.54) is 0 Å². The van der Waals surface area contributed by atoms with E-state index in [0.717, 1.165) is 25.7 Å². The van der Waals surface area contributed by atoms with Crippen molar-refractivity contribution < 1.29 is 14.6 Å². The first-order valence-electron chi connectivity index (χ1n) is 7.08. The maximum absolute atomic E-state index is 12.1. The molecule has 1 amide bonds. The normalized spacial score (nSPS) is 32.2. The van der Waals surface area contributed by atoms with Crippen molar-refractivity contribution in [1.29, 1.82) is 0 Å². The molecule has 104 valence electrons. The molecule has 0 aromatic carbocycles. The molecule has 2 N–H and O–H groups in total. The van der Waals surface area contributed by atoms with E-state index < -0.39 is 5.60 Å². The monoisotopic (exact) mass is 255 g/mol. The van der Waals surface area contributed by atoms with Gasteiger partial charge in [0.1, 0.15) is 5.60 Å². The Hall–Kier alpha value is -0.610. The summed E-state index contributed by atoms with van der Waals surface area (Å²) in [4.78, 5) is 12.1. The van der Waals surface area contributed by atoms with E-state index in [-0.39, 0.29) is 23.5 Å². The molecule has 2 aliphatic rings. The maximum atomic E-state index is 12.1. The average Bonchev–Trinajstić information content (AvgIpc) is 2.32. The molecule has 0 spiro atoms. The van der Waals surface area contributed by atoms with Crippen LogP contribution in [0, 0.1) is 5.41 Å². The molecule has 0 radical (unpaired) electrons. The summed E-state index contributed by atoms with van der Waals surface area (Å²) in [7, 11) is 1.74. The first-order valence-corrected chi connectivity index (χ1v) is 7.08. The Bertz CT molecular complexity index is 321. The molecule has 2 fully saturated rings. The minimum Gasteiger partial charge on any atom is -0.381 e. The van der Waals surface area contributed by atoms with Crippen LogP contribution in [0.15, 0.2) is 0 Å². The Balaban J connectivity index is 1.99. The minimum absolute atomic E-state index is 0.0461. The third-order valence-electron chi connectivity index (χ3n) is 5.29. The lowest BCUT2D eigenvalue weighted by Gasteiger charge is -2.55. The number of carbonyl (C=O) groups excluding carboxylic acids is 1. The molecule has 0 aromatic heterocycles. The fraction of sp³-hybridized carbons (Fsp3) is 0.929. The first-order chi connectivity index (χ1) is 8.52. The van der Waals surface area contributed by atoms with Gasteiger partial charge in [-0.1, -0.05) is 13.8 Å². The van der Waals surface area contributed by atoms with Crippen LogP contribution < -0.4 is 5.32 Å². The predicted molar refractivity (Wildman–Crippen MR) is 69.2 cm³/mol. The molecule has 2 rings (SSSR count). The second-order valence-corrected chi connectivity index (χ2v) is 5.81. The zero-order valence-corrected chi connectivity index (χ0v) is 11.7. The number of carbonyl (C=O) groups is 1. The fourth-order valence-electron chi connectivity index (χ4n) is 3.51. The smallest absolute Gasteiger partial charge is 0.252 e. The van der Waals surface area contributed by atoms with Gasteiger partial charge in [0.15, 0.2) is 0 Å². The van der Waals surface area contributed by atoms with Crippen molar-refractivity contribution in [1.82, 2.24) is 5.32 Å². The van der Waals surface area contributed by atoms with E-state index >= 15 is 0 Å². The molecule has 2 unspecified atom stereocenters. The van der Waals surface area contributed by atoms with Crippen LogP contribution in [0.1, 0.15) is 52.4 Å². The number of amides is 1. The average molecular weight is 255 g/mol. The summed E-state index contributed by atoms with van der Waals surface area (Å²) in [6.07, 6.45) is 5.22. The SMILES string of the molecule is CCC1(CC)C(NC(=O)C2(O)CCC2)CC1OC. The van der Waals surface area contributed by atoms with E-state index in [1.54, 1.807) is 7.11 Å². The summed E-state index contributed by atoms with van der Waals surface area (Å²) in [5.74, 6) is -0.181. The van der Waals surface area contributed by atoms with Crippen molar-refractivity contribution in [2.75, 3.05) is 7.11 Å². The van der Waals surface area contributed by atoms with Crippen molar-refractivity contribution in [2.45, 2.75) is 70.1 Å². The van der Waals surface area contributed by atoms with Gasteiger partial charge in [-0.25, -0.2) is 0 Å². The molecule has 2 aliphatic carbocycles. The van der Waals surface area contributed by atoms with Crippen LogP contribution in [0.5, 0.6) is 0 Å². The molecule has 0 aromatic rings. The minimum atomic E-state index is -1.09. The van der Waals surface area contributed by atoms with Crippen LogP contribution in [0.3, 0.4) is 0 Å². The lowest BCUT2D eigenvalue weighted by atomic mass is 9.58. The van der Waals surface area contributed by atoms with Gasteiger partial charge in [-0.2, -0.15) is 0 Å².